The molecule has 0 aliphatic heterocycles. The van der Waals surface area contributed by atoms with E-state index in [1.165, 1.54) is 0 Å². The SMILES string of the molecule is COc1ccc(CC(N)c2ccc(I)c(Cl)c2)cc1Br. The van der Waals surface area contributed by atoms with Gasteiger partial charge in [-0.15, -0.1) is 0 Å². The van der Waals surface area contributed by atoms with Gasteiger partial charge in [-0.05, 0) is 80.3 Å². The molecule has 2 rings (SSSR count). The number of ether oxygens (including phenoxy) is 1. The van der Waals surface area contributed by atoms with Crippen LogP contribution in [-0.4, -0.2) is 7.11 Å². The van der Waals surface area contributed by atoms with E-state index in [0.29, 0.717) is 0 Å². The molecule has 0 spiro atoms. The molecule has 1 unspecified atom stereocenters. The molecule has 0 saturated carbocycles. The summed E-state index contributed by atoms with van der Waals surface area (Å²) in [6.45, 7) is 0. The minimum absolute atomic E-state index is 0.0789. The van der Waals surface area contributed by atoms with Crippen molar-refractivity contribution in [3.63, 3.8) is 0 Å². The Hall–Kier alpha value is -0.300. The molecule has 106 valence electrons. The van der Waals surface area contributed by atoms with Crippen molar-refractivity contribution in [2.75, 3.05) is 7.11 Å². The summed E-state index contributed by atoms with van der Waals surface area (Å²) in [5.74, 6) is 0.819. The molecule has 20 heavy (non-hydrogen) atoms. The molecule has 2 aromatic rings. The van der Waals surface area contributed by atoms with E-state index in [0.717, 1.165) is 36.4 Å². The van der Waals surface area contributed by atoms with Gasteiger partial charge in [-0.1, -0.05) is 23.7 Å². The largest absolute Gasteiger partial charge is 0.496 e. The molecule has 0 aliphatic rings. The zero-order valence-corrected chi connectivity index (χ0v) is 15.4. The lowest BCUT2D eigenvalue weighted by molar-refractivity contribution is 0.412. The molecule has 1 atom stereocenters. The van der Waals surface area contributed by atoms with Gasteiger partial charge < -0.3 is 10.5 Å². The average molecular weight is 467 g/mol. The van der Waals surface area contributed by atoms with Crippen LogP contribution in [0.15, 0.2) is 40.9 Å². The predicted molar refractivity (Wildman–Crippen MR) is 95.5 cm³/mol. The molecular weight excluding hydrogens is 452 g/mol. The summed E-state index contributed by atoms with van der Waals surface area (Å²) < 4.78 is 7.19. The Kier molecular flexibility index (Phi) is 5.72. The lowest BCUT2D eigenvalue weighted by Gasteiger charge is -2.14. The van der Waals surface area contributed by atoms with Gasteiger partial charge in [0.15, 0.2) is 0 Å². The molecular formula is C15H14BrClINO. The Bertz CT molecular complexity index is 621. The molecule has 0 heterocycles. The van der Waals surface area contributed by atoms with Crippen LogP contribution in [0, 0.1) is 3.57 Å². The van der Waals surface area contributed by atoms with Gasteiger partial charge in [-0.3, -0.25) is 0 Å². The van der Waals surface area contributed by atoms with E-state index < -0.39 is 0 Å². The quantitative estimate of drug-likeness (QED) is 0.647. The fourth-order valence-electron chi connectivity index (χ4n) is 1.95. The third kappa shape index (κ3) is 3.87. The summed E-state index contributed by atoms with van der Waals surface area (Å²) in [6.07, 6.45) is 0.750. The first-order valence-corrected chi connectivity index (χ1v) is 8.29. The van der Waals surface area contributed by atoms with Crippen molar-refractivity contribution in [2.45, 2.75) is 12.5 Å². The highest BCUT2D eigenvalue weighted by atomic mass is 127. The van der Waals surface area contributed by atoms with Gasteiger partial charge >= 0.3 is 0 Å². The Balaban J connectivity index is 2.16. The lowest BCUT2D eigenvalue weighted by Crippen LogP contribution is -2.13. The monoisotopic (exact) mass is 465 g/mol. The van der Waals surface area contributed by atoms with Gasteiger partial charge in [0, 0.05) is 9.61 Å². The maximum Gasteiger partial charge on any atom is 0.133 e. The third-order valence-corrected chi connectivity index (χ3v) is 5.24. The fraction of sp³-hybridized carbons (Fsp3) is 0.200. The Morgan fingerprint density at radius 1 is 1.30 bits per heavy atom. The predicted octanol–water partition coefficient (Wildman–Crippen LogP) is 4.96. The van der Waals surface area contributed by atoms with E-state index in [-0.39, 0.29) is 6.04 Å². The maximum absolute atomic E-state index is 6.26. The second-order valence-electron chi connectivity index (χ2n) is 4.45. The molecule has 2 aromatic carbocycles. The fourth-order valence-corrected chi connectivity index (χ4v) is 3.06. The highest BCUT2D eigenvalue weighted by molar-refractivity contribution is 14.1. The van der Waals surface area contributed by atoms with Crippen LogP contribution in [0.3, 0.4) is 0 Å². The van der Waals surface area contributed by atoms with Gasteiger partial charge in [0.2, 0.25) is 0 Å². The summed E-state index contributed by atoms with van der Waals surface area (Å²) >= 11 is 11.8. The maximum atomic E-state index is 6.26. The third-order valence-electron chi connectivity index (χ3n) is 3.04. The van der Waals surface area contributed by atoms with E-state index in [4.69, 9.17) is 22.1 Å². The summed E-state index contributed by atoms with van der Waals surface area (Å²) in [5.41, 5.74) is 8.46. The number of methoxy groups -OCH3 is 1. The van der Waals surface area contributed by atoms with Crippen LogP contribution in [0.1, 0.15) is 17.2 Å². The first kappa shape index (κ1) is 16.1. The van der Waals surface area contributed by atoms with Crippen LogP contribution in [-0.2, 0) is 6.42 Å². The van der Waals surface area contributed by atoms with Crippen LogP contribution in [0.2, 0.25) is 5.02 Å². The molecule has 0 amide bonds. The minimum atomic E-state index is -0.0789. The Morgan fingerprint density at radius 2 is 2.05 bits per heavy atom. The zero-order chi connectivity index (χ0) is 14.7. The van der Waals surface area contributed by atoms with E-state index in [1.807, 2.05) is 36.4 Å². The van der Waals surface area contributed by atoms with Gasteiger partial charge in [0.1, 0.15) is 5.75 Å². The molecule has 0 saturated heterocycles. The number of nitrogens with two attached hydrogens (primary N) is 1. The second-order valence-corrected chi connectivity index (χ2v) is 6.88. The summed E-state index contributed by atoms with van der Waals surface area (Å²) in [7, 11) is 1.65. The first-order valence-electron chi connectivity index (χ1n) is 6.04. The van der Waals surface area contributed by atoms with Crippen LogP contribution in [0.5, 0.6) is 5.75 Å². The number of rotatable bonds is 4. The van der Waals surface area contributed by atoms with E-state index in [9.17, 15) is 0 Å². The van der Waals surface area contributed by atoms with Crippen LogP contribution < -0.4 is 10.5 Å². The van der Waals surface area contributed by atoms with Crippen LogP contribution in [0.4, 0.5) is 0 Å². The summed E-state index contributed by atoms with van der Waals surface area (Å²) in [4.78, 5) is 0. The zero-order valence-electron chi connectivity index (χ0n) is 10.9. The minimum Gasteiger partial charge on any atom is -0.496 e. The average Bonchev–Trinajstić information content (AvgIpc) is 2.42. The van der Waals surface area contributed by atoms with Crippen molar-refractivity contribution in [1.82, 2.24) is 0 Å². The van der Waals surface area contributed by atoms with Gasteiger partial charge in [0.05, 0.1) is 16.6 Å². The van der Waals surface area contributed by atoms with Gasteiger partial charge in [-0.2, -0.15) is 0 Å². The van der Waals surface area contributed by atoms with Crippen LogP contribution in [0.25, 0.3) is 0 Å². The highest BCUT2D eigenvalue weighted by Crippen LogP contribution is 2.28. The normalized spacial score (nSPS) is 12.2. The van der Waals surface area contributed by atoms with Crippen molar-refractivity contribution in [3.8, 4) is 5.75 Å². The van der Waals surface area contributed by atoms with Gasteiger partial charge in [-0.25, -0.2) is 0 Å². The van der Waals surface area contributed by atoms with Crippen molar-refractivity contribution < 1.29 is 4.74 Å². The van der Waals surface area contributed by atoms with Gasteiger partial charge in [0.25, 0.3) is 0 Å². The molecule has 2 N–H and O–H groups in total. The highest BCUT2D eigenvalue weighted by Gasteiger charge is 2.10. The van der Waals surface area contributed by atoms with Crippen molar-refractivity contribution in [1.29, 1.82) is 0 Å². The number of hydrogen-bond acceptors (Lipinski definition) is 2. The molecule has 0 aromatic heterocycles. The summed E-state index contributed by atoms with van der Waals surface area (Å²) in [5, 5.41) is 0.745. The molecule has 0 radical (unpaired) electrons. The smallest absolute Gasteiger partial charge is 0.133 e. The first-order chi connectivity index (χ1) is 9.51. The molecule has 0 fully saturated rings. The Morgan fingerprint density at radius 3 is 2.65 bits per heavy atom. The van der Waals surface area contributed by atoms with E-state index >= 15 is 0 Å². The van der Waals surface area contributed by atoms with E-state index in [2.05, 4.69) is 38.5 Å². The van der Waals surface area contributed by atoms with Crippen molar-refractivity contribution in [2.24, 2.45) is 5.73 Å². The van der Waals surface area contributed by atoms with Crippen molar-refractivity contribution >= 4 is 50.1 Å². The second kappa shape index (κ2) is 7.11. The standard InChI is InChI=1S/C15H14BrClINO/c1-20-15-5-2-9(6-11(15)16)7-14(19)10-3-4-13(18)12(17)8-10/h2-6,8,14H,7,19H2,1H3. The van der Waals surface area contributed by atoms with Crippen LogP contribution >= 0.6 is 50.1 Å². The molecule has 0 bridgehead atoms. The number of halogens is 3. The van der Waals surface area contributed by atoms with Crippen molar-refractivity contribution in [3.05, 3.63) is 60.6 Å². The Labute approximate surface area is 145 Å². The summed E-state index contributed by atoms with van der Waals surface area (Å²) in [6, 6.07) is 11.9. The molecule has 0 aliphatic carbocycles. The molecule has 5 heteroatoms. The topological polar surface area (TPSA) is 35.2 Å². The number of benzene rings is 2. The van der Waals surface area contributed by atoms with E-state index in [1.54, 1.807) is 7.11 Å². The number of hydrogen-bond donors (Lipinski definition) is 1. The lowest BCUT2D eigenvalue weighted by atomic mass is 10.00. The molecule has 2 nitrogen and oxygen atoms in total.